The molecule has 0 bridgehead atoms. The smallest absolute Gasteiger partial charge is 0.261 e. The number of carbonyl (C=O) groups excluding carboxylic acids is 1. The number of nitrogens with one attached hydrogen (secondary N) is 1. The van der Waals surface area contributed by atoms with Crippen LogP contribution < -0.4 is 5.32 Å². The summed E-state index contributed by atoms with van der Waals surface area (Å²) in [7, 11) is 0. The van der Waals surface area contributed by atoms with Gasteiger partial charge in [0.15, 0.2) is 0 Å². The van der Waals surface area contributed by atoms with Gasteiger partial charge in [-0.2, -0.15) is 0 Å². The molecule has 1 aromatic carbocycles. The molecule has 1 atom stereocenters. The van der Waals surface area contributed by atoms with E-state index in [2.05, 4.69) is 52.4 Å². The maximum absolute atomic E-state index is 12.2. The summed E-state index contributed by atoms with van der Waals surface area (Å²) < 4.78 is 1.09. The second kappa shape index (κ2) is 5.34. The minimum Gasteiger partial charge on any atom is -0.348 e. The van der Waals surface area contributed by atoms with Crippen molar-refractivity contribution in [1.29, 1.82) is 0 Å². The predicted octanol–water partition coefficient (Wildman–Crippen LogP) is 4.36. The molecule has 1 aliphatic rings. The van der Waals surface area contributed by atoms with Crippen LogP contribution in [0.1, 0.15) is 35.0 Å². The Morgan fingerprint density at radius 1 is 1.30 bits per heavy atom. The molecule has 1 heterocycles. The Morgan fingerprint density at radius 3 is 2.55 bits per heavy atom. The summed E-state index contributed by atoms with van der Waals surface area (Å²) >= 11 is 4.95. The summed E-state index contributed by atoms with van der Waals surface area (Å²) in [4.78, 5) is 12.9. The first kappa shape index (κ1) is 13.8. The first-order valence-electron chi connectivity index (χ1n) is 6.72. The van der Waals surface area contributed by atoms with Gasteiger partial charge in [0, 0.05) is 15.9 Å². The fourth-order valence-corrected chi connectivity index (χ4v) is 3.59. The van der Waals surface area contributed by atoms with Crippen molar-refractivity contribution in [2.24, 2.45) is 0 Å². The quantitative estimate of drug-likeness (QED) is 0.872. The highest BCUT2D eigenvalue weighted by molar-refractivity contribution is 9.10. The van der Waals surface area contributed by atoms with Gasteiger partial charge < -0.3 is 5.32 Å². The number of amides is 1. The molecule has 1 aliphatic carbocycles. The summed E-state index contributed by atoms with van der Waals surface area (Å²) in [6, 6.07) is 12.4. The van der Waals surface area contributed by atoms with Gasteiger partial charge in [-0.05, 0) is 48.9 Å². The second-order valence-corrected chi connectivity index (χ2v) is 7.20. The molecule has 1 unspecified atom stereocenters. The molecular formula is C16H16BrNOS. The van der Waals surface area contributed by atoms with Gasteiger partial charge in [-0.15, -0.1) is 11.3 Å². The number of rotatable bonds is 4. The minimum absolute atomic E-state index is 0.0379. The summed E-state index contributed by atoms with van der Waals surface area (Å²) in [6.45, 7) is 2.11. The lowest BCUT2D eigenvalue weighted by Crippen LogP contribution is -2.41. The minimum atomic E-state index is 0.0379. The molecule has 1 fully saturated rings. The molecule has 1 amide bonds. The van der Waals surface area contributed by atoms with E-state index in [0.717, 1.165) is 22.2 Å². The number of benzene rings is 1. The number of carbonyl (C=O) groups is 1. The molecule has 0 aliphatic heterocycles. The lowest BCUT2D eigenvalue weighted by atomic mass is 9.89. The molecule has 2 nitrogen and oxygen atoms in total. The molecule has 0 saturated heterocycles. The Bertz CT molecular complexity index is 602. The Morgan fingerprint density at radius 2 is 2.00 bits per heavy atom. The molecule has 104 valence electrons. The zero-order chi connectivity index (χ0) is 14.2. The Labute approximate surface area is 131 Å². The number of halogens is 1. The first-order valence-corrected chi connectivity index (χ1v) is 8.39. The topological polar surface area (TPSA) is 29.1 Å². The van der Waals surface area contributed by atoms with Gasteiger partial charge in [0.1, 0.15) is 0 Å². The maximum atomic E-state index is 12.2. The van der Waals surface area contributed by atoms with Crippen LogP contribution in [0, 0.1) is 0 Å². The van der Waals surface area contributed by atoms with Gasteiger partial charge in [0.25, 0.3) is 5.91 Å². The van der Waals surface area contributed by atoms with Crippen molar-refractivity contribution in [2.45, 2.75) is 31.2 Å². The predicted molar refractivity (Wildman–Crippen MR) is 86.3 cm³/mol. The summed E-state index contributed by atoms with van der Waals surface area (Å²) in [5.74, 6) is 0.0379. The largest absolute Gasteiger partial charge is 0.348 e. The third-order valence-corrected chi connectivity index (χ3v) is 5.53. The van der Waals surface area contributed by atoms with Crippen molar-refractivity contribution in [2.75, 3.05) is 0 Å². The monoisotopic (exact) mass is 349 g/mol. The van der Waals surface area contributed by atoms with Crippen molar-refractivity contribution < 1.29 is 4.79 Å². The highest BCUT2D eigenvalue weighted by Gasteiger charge is 2.49. The van der Waals surface area contributed by atoms with Crippen molar-refractivity contribution >= 4 is 33.2 Å². The van der Waals surface area contributed by atoms with Gasteiger partial charge in [0.05, 0.1) is 4.88 Å². The Hall–Kier alpha value is -1.13. The summed E-state index contributed by atoms with van der Waals surface area (Å²) in [6.07, 6.45) is 2.28. The molecule has 0 radical (unpaired) electrons. The van der Waals surface area contributed by atoms with Crippen molar-refractivity contribution in [1.82, 2.24) is 5.32 Å². The van der Waals surface area contributed by atoms with Crippen LogP contribution in [0.4, 0.5) is 0 Å². The van der Waals surface area contributed by atoms with Crippen LogP contribution >= 0.6 is 27.3 Å². The normalized spacial score (nSPS) is 17.5. The molecule has 1 aromatic heterocycles. The molecular weight excluding hydrogens is 334 g/mol. The van der Waals surface area contributed by atoms with Crippen LogP contribution in [0.25, 0.3) is 0 Å². The second-order valence-electron chi connectivity index (χ2n) is 5.34. The maximum Gasteiger partial charge on any atom is 0.261 e. The number of hydrogen-bond donors (Lipinski definition) is 1. The third kappa shape index (κ3) is 2.54. The number of thiophene rings is 1. The Kier molecular flexibility index (Phi) is 3.69. The SMILES string of the molecule is CC(NC(=O)c1cccs1)C1(c2ccc(Br)cc2)CC1. The molecule has 20 heavy (non-hydrogen) atoms. The van der Waals surface area contributed by atoms with Crippen molar-refractivity contribution in [3.8, 4) is 0 Å². The highest BCUT2D eigenvalue weighted by Crippen LogP contribution is 2.51. The molecule has 2 aromatic rings. The van der Waals surface area contributed by atoms with Gasteiger partial charge in [0.2, 0.25) is 0 Å². The summed E-state index contributed by atoms with van der Waals surface area (Å²) in [5.41, 5.74) is 1.44. The van der Waals surface area contributed by atoms with Crippen molar-refractivity contribution in [3.05, 3.63) is 56.7 Å². The zero-order valence-corrected chi connectivity index (χ0v) is 13.6. The molecule has 1 N–H and O–H groups in total. The van der Waals surface area contributed by atoms with E-state index in [0.29, 0.717) is 0 Å². The van der Waals surface area contributed by atoms with E-state index in [1.165, 1.54) is 16.9 Å². The van der Waals surface area contributed by atoms with Crippen LogP contribution in [0.3, 0.4) is 0 Å². The fourth-order valence-electron chi connectivity index (χ4n) is 2.70. The van der Waals surface area contributed by atoms with E-state index in [9.17, 15) is 4.79 Å². The lowest BCUT2D eigenvalue weighted by Gasteiger charge is -2.25. The summed E-state index contributed by atoms with van der Waals surface area (Å²) in [5, 5.41) is 5.09. The van der Waals surface area contributed by atoms with E-state index >= 15 is 0 Å². The van der Waals surface area contributed by atoms with Gasteiger partial charge >= 0.3 is 0 Å². The van der Waals surface area contributed by atoms with E-state index in [4.69, 9.17) is 0 Å². The first-order chi connectivity index (χ1) is 9.62. The van der Waals surface area contributed by atoms with E-state index in [1.807, 2.05) is 17.5 Å². The van der Waals surface area contributed by atoms with Gasteiger partial charge in [-0.25, -0.2) is 0 Å². The van der Waals surface area contributed by atoms with E-state index in [-0.39, 0.29) is 17.4 Å². The lowest BCUT2D eigenvalue weighted by molar-refractivity contribution is 0.0936. The van der Waals surface area contributed by atoms with Crippen LogP contribution in [-0.4, -0.2) is 11.9 Å². The van der Waals surface area contributed by atoms with Crippen molar-refractivity contribution in [3.63, 3.8) is 0 Å². The van der Waals surface area contributed by atoms with Crippen LogP contribution in [0.5, 0.6) is 0 Å². The molecule has 4 heteroatoms. The highest BCUT2D eigenvalue weighted by atomic mass is 79.9. The van der Waals surface area contributed by atoms with Gasteiger partial charge in [-0.1, -0.05) is 34.1 Å². The Balaban J connectivity index is 1.75. The zero-order valence-electron chi connectivity index (χ0n) is 11.2. The number of hydrogen-bond acceptors (Lipinski definition) is 2. The third-order valence-electron chi connectivity index (χ3n) is 4.13. The molecule has 1 saturated carbocycles. The van der Waals surface area contributed by atoms with E-state index in [1.54, 1.807) is 0 Å². The molecule has 0 spiro atoms. The van der Waals surface area contributed by atoms with Crippen LogP contribution in [0.15, 0.2) is 46.3 Å². The fraction of sp³-hybridized carbons (Fsp3) is 0.312. The van der Waals surface area contributed by atoms with E-state index < -0.39 is 0 Å². The van der Waals surface area contributed by atoms with Crippen LogP contribution in [-0.2, 0) is 5.41 Å². The average molecular weight is 350 g/mol. The van der Waals surface area contributed by atoms with Gasteiger partial charge in [-0.3, -0.25) is 4.79 Å². The van der Waals surface area contributed by atoms with Crippen LogP contribution in [0.2, 0.25) is 0 Å². The standard InChI is InChI=1S/C16H16BrNOS/c1-11(18-15(19)14-3-2-10-20-14)16(8-9-16)12-4-6-13(17)7-5-12/h2-7,10-11H,8-9H2,1H3,(H,18,19). The molecule has 3 rings (SSSR count). The average Bonchev–Trinajstić information content (AvgIpc) is 3.06.